The number of fused-ring (bicyclic) bond motifs is 1. The molecule has 2 rings (SSSR count). The monoisotopic (exact) mass is 219 g/mol. The van der Waals surface area contributed by atoms with Gasteiger partial charge < -0.3 is 11.5 Å². The van der Waals surface area contributed by atoms with E-state index in [4.69, 9.17) is 11.5 Å². The second kappa shape index (κ2) is 4.63. The molecule has 0 aromatic heterocycles. The van der Waals surface area contributed by atoms with Gasteiger partial charge in [0.15, 0.2) is 0 Å². The molecule has 4 heteroatoms. The van der Waals surface area contributed by atoms with Crippen molar-refractivity contribution >= 4 is 5.91 Å². The minimum atomic E-state index is -0.294. The zero-order valence-corrected chi connectivity index (χ0v) is 9.23. The molecule has 1 aromatic rings. The number of rotatable bonds is 3. The highest BCUT2D eigenvalue weighted by Gasteiger charge is 2.26. The van der Waals surface area contributed by atoms with Crippen LogP contribution in [0, 0.1) is 0 Å². The van der Waals surface area contributed by atoms with Crippen molar-refractivity contribution in [3.63, 3.8) is 0 Å². The van der Waals surface area contributed by atoms with Crippen LogP contribution < -0.4 is 11.5 Å². The molecular weight excluding hydrogens is 202 g/mol. The smallest absolute Gasteiger partial charge is 0.231 e. The van der Waals surface area contributed by atoms with Crippen LogP contribution in [-0.4, -0.2) is 30.4 Å². The zero-order chi connectivity index (χ0) is 11.5. The fraction of sp³-hybridized carbons (Fsp3) is 0.417. The number of carbonyl (C=O) groups excluding carboxylic acids is 1. The Balaban J connectivity index is 2.26. The number of hydrogen-bond acceptors (Lipinski definition) is 3. The first-order chi connectivity index (χ1) is 7.72. The number of hydrogen-bond donors (Lipinski definition) is 2. The molecule has 1 heterocycles. The third kappa shape index (κ3) is 2.08. The van der Waals surface area contributed by atoms with Crippen molar-refractivity contribution < 1.29 is 4.79 Å². The number of nitrogens with two attached hydrogens (primary N) is 2. The third-order valence-corrected chi connectivity index (χ3v) is 3.11. The van der Waals surface area contributed by atoms with Crippen LogP contribution in [0.4, 0.5) is 0 Å². The van der Waals surface area contributed by atoms with Gasteiger partial charge in [0.2, 0.25) is 5.91 Å². The van der Waals surface area contributed by atoms with E-state index in [1.54, 1.807) is 0 Å². The lowest BCUT2D eigenvalue weighted by atomic mass is 9.92. The van der Waals surface area contributed by atoms with Gasteiger partial charge in [-0.3, -0.25) is 9.69 Å². The molecule has 0 bridgehead atoms. The lowest BCUT2D eigenvalue weighted by Gasteiger charge is -2.35. The molecular formula is C12H17N3O. The summed E-state index contributed by atoms with van der Waals surface area (Å²) in [6, 6.07) is 8.38. The molecule has 4 nitrogen and oxygen atoms in total. The number of amides is 1. The Morgan fingerprint density at radius 3 is 2.88 bits per heavy atom. The highest BCUT2D eigenvalue weighted by atomic mass is 16.1. The molecule has 1 aliphatic rings. The minimum absolute atomic E-state index is 0.123. The standard InChI is InChI=1S/C12H17N3O/c13-7-11-10-4-2-1-3-9(10)5-6-15(11)8-12(14)16/h1-4,11H,5-8,13H2,(H2,14,16). The largest absolute Gasteiger partial charge is 0.369 e. The van der Waals surface area contributed by atoms with E-state index in [0.29, 0.717) is 6.54 Å². The molecule has 1 aliphatic heterocycles. The first-order valence-electron chi connectivity index (χ1n) is 5.52. The summed E-state index contributed by atoms with van der Waals surface area (Å²) in [6.07, 6.45) is 0.958. The number of carbonyl (C=O) groups is 1. The van der Waals surface area contributed by atoms with Crippen molar-refractivity contribution in [3.8, 4) is 0 Å². The van der Waals surface area contributed by atoms with Crippen molar-refractivity contribution in [2.45, 2.75) is 12.5 Å². The third-order valence-electron chi connectivity index (χ3n) is 3.11. The van der Waals surface area contributed by atoms with Crippen molar-refractivity contribution in [2.75, 3.05) is 19.6 Å². The average Bonchev–Trinajstić information content (AvgIpc) is 2.28. The fourth-order valence-corrected chi connectivity index (χ4v) is 2.37. The summed E-state index contributed by atoms with van der Waals surface area (Å²) in [4.78, 5) is 13.0. The lowest BCUT2D eigenvalue weighted by molar-refractivity contribution is -0.119. The van der Waals surface area contributed by atoms with Crippen LogP contribution in [0.5, 0.6) is 0 Å². The van der Waals surface area contributed by atoms with E-state index < -0.39 is 0 Å². The number of primary amides is 1. The Morgan fingerprint density at radius 2 is 2.19 bits per heavy atom. The van der Waals surface area contributed by atoms with Crippen LogP contribution in [0.3, 0.4) is 0 Å². The van der Waals surface area contributed by atoms with E-state index in [-0.39, 0.29) is 18.5 Å². The Morgan fingerprint density at radius 1 is 1.44 bits per heavy atom. The van der Waals surface area contributed by atoms with E-state index >= 15 is 0 Å². The van der Waals surface area contributed by atoms with Gasteiger partial charge in [-0.15, -0.1) is 0 Å². The summed E-state index contributed by atoms with van der Waals surface area (Å²) >= 11 is 0. The summed E-state index contributed by atoms with van der Waals surface area (Å²) in [5.74, 6) is -0.294. The van der Waals surface area contributed by atoms with Crippen LogP contribution in [-0.2, 0) is 11.2 Å². The maximum Gasteiger partial charge on any atom is 0.231 e. The van der Waals surface area contributed by atoms with Crippen LogP contribution in [0.25, 0.3) is 0 Å². The second-order valence-corrected chi connectivity index (χ2v) is 4.14. The SMILES string of the molecule is NCC1c2ccccc2CCN1CC(N)=O. The Labute approximate surface area is 95.2 Å². The highest BCUT2D eigenvalue weighted by molar-refractivity contribution is 5.76. The average molecular weight is 219 g/mol. The van der Waals surface area contributed by atoms with Crippen molar-refractivity contribution in [3.05, 3.63) is 35.4 Å². The van der Waals surface area contributed by atoms with Gasteiger partial charge in [0, 0.05) is 19.1 Å². The van der Waals surface area contributed by atoms with Gasteiger partial charge in [0.05, 0.1) is 6.54 Å². The second-order valence-electron chi connectivity index (χ2n) is 4.14. The van der Waals surface area contributed by atoms with Crippen LogP contribution in [0.1, 0.15) is 17.2 Å². The van der Waals surface area contributed by atoms with Gasteiger partial charge in [0.25, 0.3) is 0 Å². The van der Waals surface area contributed by atoms with Crippen molar-refractivity contribution in [1.82, 2.24) is 4.90 Å². The molecule has 0 fully saturated rings. The molecule has 16 heavy (non-hydrogen) atoms. The van der Waals surface area contributed by atoms with Crippen molar-refractivity contribution in [1.29, 1.82) is 0 Å². The summed E-state index contributed by atoms with van der Waals surface area (Å²) in [5.41, 5.74) is 13.6. The highest BCUT2D eigenvalue weighted by Crippen LogP contribution is 2.28. The van der Waals surface area contributed by atoms with E-state index in [2.05, 4.69) is 17.0 Å². The Kier molecular flexibility index (Phi) is 3.22. The van der Waals surface area contributed by atoms with E-state index in [1.165, 1.54) is 11.1 Å². The van der Waals surface area contributed by atoms with Crippen LogP contribution >= 0.6 is 0 Å². The predicted molar refractivity (Wildman–Crippen MR) is 62.7 cm³/mol. The molecule has 0 spiro atoms. The molecule has 4 N–H and O–H groups in total. The van der Waals surface area contributed by atoms with E-state index in [1.807, 2.05) is 12.1 Å². The molecule has 0 saturated heterocycles. The van der Waals surface area contributed by atoms with Gasteiger partial charge in [0.1, 0.15) is 0 Å². The predicted octanol–water partition coefficient (Wildman–Crippen LogP) is 0.0298. The van der Waals surface area contributed by atoms with E-state index in [9.17, 15) is 4.79 Å². The molecule has 0 radical (unpaired) electrons. The maximum atomic E-state index is 11.0. The quantitative estimate of drug-likeness (QED) is 0.753. The normalized spacial score (nSPS) is 20.4. The lowest BCUT2D eigenvalue weighted by Crippen LogP contribution is -2.43. The Hall–Kier alpha value is -1.39. The van der Waals surface area contributed by atoms with Gasteiger partial charge in [-0.05, 0) is 17.5 Å². The first-order valence-corrected chi connectivity index (χ1v) is 5.52. The fourth-order valence-electron chi connectivity index (χ4n) is 2.37. The van der Waals surface area contributed by atoms with Gasteiger partial charge >= 0.3 is 0 Å². The topological polar surface area (TPSA) is 72.3 Å². The minimum Gasteiger partial charge on any atom is -0.369 e. The van der Waals surface area contributed by atoms with Crippen LogP contribution in [0.2, 0.25) is 0 Å². The van der Waals surface area contributed by atoms with Crippen LogP contribution in [0.15, 0.2) is 24.3 Å². The summed E-state index contributed by atoms with van der Waals surface area (Å²) in [6.45, 7) is 1.66. The molecule has 86 valence electrons. The maximum absolute atomic E-state index is 11.0. The number of benzene rings is 1. The zero-order valence-electron chi connectivity index (χ0n) is 9.23. The molecule has 0 saturated carbocycles. The molecule has 1 aromatic carbocycles. The van der Waals surface area contributed by atoms with Gasteiger partial charge in [-0.1, -0.05) is 24.3 Å². The van der Waals surface area contributed by atoms with Crippen molar-refractivity contribution in [2.24, 2.45) is 11.5 Å². The van der Waals surface area contributed by atoms with Gasteiger partial charge in [-0.25, -0.2) is 0 Å². The summed E-state index contributed by atoms with van der Waals surface area (Å²) in [7, 11) is 0. The molecule has 0 aliphatic carbocycles. The molecule has 1 amide bonds. The first kappa shape index (κ1) is 11.1. The van der Waals surface area contributed by atoms with E-state index in [0.717, 1.165) is 13.0 Å². The van der Waals surface area contributed by atoms with Gasteiger partial charge in [-0.2, -0.15) is 0 Å². The molecule has 1 atom stereocenters. The Bertz CT molecular complexity index is 392. The summed E-state index contributed by atoms with van der Waals surface area (Å²) < 4.78 is 0. The summed E-state index contributed by atoms with van der Waals surface area (Å²) in [5, 5.41) is 0. The molecule has 1 unspecified atom stereocenters. The number of nitrogens with zero attached hydrogens (tertiary/aromatic N) is 1.